The van der Waals surface area contributed by atoms with Crippen LogP contribution in [0.3, 0.4) is 0 Å². The second-order valence-corrected chi connectivity index (χ2v) is 7.19. The van der Waals surface area contributed by atoms with E-state index in [-0.39, 0.29) is 5.69 Å². The molecule has 2 atom stereocenters. The van der Waals surface area contributed by atoms with Crippen molar-refractivity contribution in [2.45, 2.75) is 49.8 Å². The number of nitrogens with one attached hydrogen (secondary N) is 1. The summed E-state index contributed by atoms with van der Waals surface area (Å²) in [6.07, 6.45) is 0.669. The van der Waals surface area contributed by atoms with E-state index in [1.54, 1.807) is 0 Å². The highest BCUT2D eigenvalue weighted by Crippen LogP contribution is 2.23. The maximum Gasteiger partial charge on any atom is 0.236 e. The van der Waals surface area contributed by atoms with Crippen molar-refractivity contribution in [3.63, 3.8) is 0 Å². The molecule has 0 aliphatic carbocycles. The van der Waals surface area contributed by atoms with Crippen LogP contribution < -0.4 is 11.1 Å². The number of amides is 1. The Hall–Kier alpha value is -1.50. The van der Waals surface area contributed by atoms with Crippen LogP contribution in [-0.2, 0) is 15.6 Å². The van der Waals surface area contributed by atoms with Crippen molar-refractivity contribution < 1.29 is 17.8 Å². The van der Waals surface area contributed by atoms with Crippen LogP contribution in [0.4, 0.5) is 14.5 Å². The third-order valence-electron chi connectivity index (χ3n) is 3.26. The first-order valence-corrected chi connectivity index (χ1v) is 7.77. The number of nitrogen functional groups attached to an aromatic ring is 1. The van der Waals surface area contributed by atoms with E-state index < -0.39 is 44.0 Å². The van der Waals surface area contributed by atoms with Gasteiger partial charge in [0.15, 0.2) is 0 Å². The molecular formula is C14H20F2N2O2S. The largest absolute Gasteiger partial charge is 0.399 e. The molecule has 0 saturated heterocycles. The molecule has 0 saturated carbocycles. The van der Waals surface area contributed by atoms with Gasteiger partial charge in [0.1, 0.15) is 21.8 Å². The molecule has 0 bridgehead atoms. The van der Waals surface area contributed by atoms with Crippen molar-refractivity contribution in [1.29, 1.82) is 0 Å². The SMILES string of the molecule is CCC(C)(C)NC(=O)C(C)S(=O)c1c(F)cc(N)cc1F. The Balaban J connectivity index is 3.01. The third-order valence-corrected chi connectivity index (χ3v) is 4.91. The molecule has 3 N–H and O–H groups in total. The Bertz CT molecular complexity index is 553. The van der Waals surface area contributed by atoms with Gasteiger partial charge in [-0.2, -0.15) is 0 Å². The van der Waals surface area contributed by atoms with E-state index in [0.29, 0.717) is 6.42 Å². The molecule has 7 heteroatoms. The van der Waals surface area contributed by atoms with Gasteiger partial charge < -0.3 is 11.1 Å². The van der Waals surface area contributed by atoms with E-state index in [1.165, 1.54) is 6.92 Å². The van der Waals surface area contributed by atoms with Gasteiger partial charge in [-0.25, -0.2) is 8.78 Å². The molecule has 1 aromatic carbocycles. The molecule has 1 aromatic rings. The second-order valence-electron chi connectivity index (χ2n) is 5.48. The summed E-state index contributed by atoms with van der Waals surface area (Å²) in [6, 6.07) is 1.77. The molecule has 2 unspecified atom stereocenters. The fraction of sp³-hybridized carbons (Fsp3) is 0.500. The Morgan fingerprint density at radius 3 is 2.29 bits per heavy atom. The Morgan fingerprint density at radius 2 is 1.86 bits per heavy atom. The quantitative estimate of drug-likeness (QED) is 0.819. The van der Waals surface area contributed by atoms with Gasteiger partial charge >= 0.3 is 0 Å². The fourth-order valence-electron chi connectivity index (χ4n) is 1.57. The van der Waals surface area contributed by atoms with E-state index in [2.05, 4.69) is 5.32 Å². The van der Waals surface area contributed by atoms with E-state index in [4.69, 9.17) is 5.73 Å². The number of nitrogens with two attached hydrogens (primary N) is 1. The molecule has 1 rings (SSSR count). The average molecular weight is 318 g/mol. The van der Waals surface area contributed by atoms with Gasteiger partial charge in [0.25, 0.3) is 0 Å². The van der Waals surface area contributed by atoms with Crippen LogP contribution in [0.1, 0.15) is 34.1 Å². The molecule has 0 fully saturated rings. The van der Waals surface area contributed by atoms with E-state index in [1.807, 2.05) is 20.8 Å². The minimum absolute atomic E-state index is 0.102. The lowest BCUT2D eigenvalue weighted by atomic mass is 10.0. The molecule has 0 radical (unpaired) electrons. The number of carbonyl (C=O) groups is 1. The van der Waals surface area contributed by atoms with Gasteiger partial charge in [0.2, 0.25) is 5.91 Å². The fourth-order valence-corrected chi connectivity index (χ4v) is 2.68. The summed E-state index contributed by atoms with van der Waals surface area (Å²) >= 11 is 0. The lowest BCUT2D eigenvalue weighted by molar-refractivity contribution is -0.121. The summed E-state index contributed by atoms with van der Waals surface area (Å²) in [5, 5.41) is 1.62. The van der Waals surface area contributed by atoms with Crippen molar-refractivity contribution in [1.82, 2.24) is 5.32 Å². The zero-order valence-electron chi connectivity index (χ0n) is 12.5. The number of benzene rings is 1. The normalized spacial score (nSPS) is 14.6. The van der Waals surface area contributed by atoms with Crippen LogP contribution in [0.2, 0.25) is 0 Å². The molecule has 1 amide bonds. The number of anilines is 1. The average Bonchev–Trinajstić information content (AvgIpc) is 2.35. The molecule has 21 heavy (non-hydrogen) atoms. The van der Waals surface area contributed by atoms with Gasteiger partial charge in [0, 0.05) is 11.2 Å². The molecule has 0 aliphatic heterocycles. The van der Waals surface area contributed by atoms with Gasteiger partial charge in [0.05, 0.1) is 10.8 Å². The predicted molar refractivity (Wildman–Crippen MR) is 79.2 cm³/mol. The number of carbonyl (C=O) groups excluding carboxylic acids is 1. The summed E-state index contributed by atoms with van der Waals surface area (Å²) in [6.45, 7) is 6.88. The molecule has 4 nitrogen and oxygen atoms in total. The standard InChI is InChI=1S/C14H20F2N2O2S/c1-5-14(3,4)18-13(19)8(2)21(20)12-10(15)6-9(17)7-11(12)16/h6-8H,5,17H2,1-4H3,(H,18,19). The molecule has 0 heterocycles. The Kier molecular flexibility index (Phi) is 5.44. The number of rotatable bonds is 5. The first-order chi connectivity index (χ1) is 9.59. The molecule has 118 valence electrons. The van der Waals surface area contributed by atoms with Crippen LogP contribution >= 0.6 is 0 Å². The zero-order chi connectivity index (χ0) is 16.4. The van der Waals surface area contributed by atoms with Gasteiger partial charge in [-0.15, -0.1) is 0 Å². The van der Waals surface area contributed by atoms with Crippen molar-refractivity contribution in [2.24, 2.45) is 0 Å². The van der Waals surface area contributed by atoms with Crippen LogP contribution in [0.25, 0.3) is 0 Å². The summed E-state index contributed by atoms with van der Waals surface area (Å²) < 4.78 is 39.7. The van der Waals surface area contributed by atoms with E-state index in [9.17, 15) is 17.8 Å². The van der Waals surface area contributed by atoms with Gasteiger partial charge in [-0.1, -0.05) is 6.92 Å². The molecule has 0 spiro atoms. The third kappa shape index (κ3) is 4.23. The highest BCUT2D eigenvalue weighted by Gasteiger charge is 2.29. The number of hydrogen-bond donors (Lipinski definition) is 2. The zero-order valence-corrected chi connectivity index (χ0v) is 13.3. The summed E-state index contributed by atoms with van der Waals surface area (Å²) in [4.78, 5) is 11.4. The topological polar surface area (TPSA) is 72.2 Å². The maximum absolute atomic E-state index is 13.7. The van der Waals surface area contributed by atoms with Crippen LogP contribution in [0.5, 0.6) is 0 Å². The monoisotopic (exact) mass is 318 g/mol. The summed E-state index contributed by atoms with van der Waals surface area (Å²) in [5.41, 5.74) is 4.73. The molecule has 0 aliphatic rings. The lowest BCUT2D eigenvalue weighted by Gasteiger charge is -2.26. The first-order valence-electron chi connectivity index (χ1n) is 6.56. The smallest absolute Gasteiger partial charge is 0.236 e. The van der Waals surface area contributed by atoms with E-state index >= 15 is 0 Å². The van der Waals surface area contributed by atoms with Crippen LogP contribution in [0, 0.1) is 11.6 Å². The van der Waals surface area contributed by atoms with Crippen molar-refractivity contribution >= 4 is 22.4 Å². The van der Waals surface area contributed by atoms with Gasteiger partial charge in [-0.3, -0.25) is 9.00 Å². The first kappa shape index (κ1) is 17.6. The number of hydrogen-bond acceptors (Lipinski definition) is 3. The molecule has 0 aromatic heterocycles. The molecular weight excluding hydrogens is 298 g/mol. The predicted octanol–water partition coefficient (Wildman–Crippen LogP) is 2.35. The van der Waals surface area contributed by atoms with Gasteiger partial charge in [-0.05, 0) is 39.3 Å². The summed E-state index contributed by atoms with van der Waals surface area (Å²) in [5.74, 6) is -2.55. The number of halogens is 2. The van der Waals surface area contributed by atoms with Crippen molar-refractivity contribution in [3.8, 4) is 0 Å². The second kappa shape index (κ2) is 6.51. The Morgan fingerprint density at radius 1 is 1.38 bits per heavy atom. The van der Waals surface area contributed by atoms with E-state index in [0.717, 1.165) is 12.1 Å². The van der Waals surface area contributed by atoms with Crippen LogP contribution in [0.15, 0.2) is 17.0 Å². The van der Waals surface area contributed by atoms with Crippen molar-refractivity contribution in [2.75, 3.05) is 5.73 Å². The highest BCUT2D eigenvalue weighted by atomic mass is 32.2. The van der Waals surface area contributed by atoms with Crippen LogP contribution in [-0.4, -0.2) is 20.9 Å². The minimum Gasteiger partial charge on any atom is -0.399 e. The maximum atomic E-state index is 13.7. The highest BCUT2D eigenvalue weighted by molar-refractivity contribution is 7.86. The minimum atomic E-state index is -2.14. The summed E-state index contributed by atoms with van der Waals surface area (Å²) in [7, 11) is -2.14. The Labute approximate surface area is 125 Å². The lowest BCUT2D eigenvalue weighted by Crippen LogP contribution is -2.47. The van der Waals surface area contributed by atoms with Crippen molar-refractivity contribution in [3.05, 3.63) is 23.8 Å².